The Morgan fingerprint density at radius 1 is 1.15 bits per heavy atom. The van der Waals surface area contributed by atoms with Crippen LogP contribution in [0.1, 0.15) is 31.4 Å². The molecule has 0 aliphatic carbocycles. The number of hydrogen-bond acceptors (Lipinski definition) is 4. The number of aromatic nitrogens is 3. The molecule has 3 aromatic rings. The van der Waals surface area contributed by atoms with Crippen LogP contribution in [0.4, 0.5) is 0 Å². The number of fused-ring (bicyclic) bond motifs is 1. The lowest BCUT2D eigenvalue weighted by Gasteiger charge is -2.35. The third-order valence-electron chi connectivity index (χ3n) is 5.33. The number of para-hydroxylation sites is 1. The van der Waals surface area contributed by atoms with Crippen LogP contribution in [-0.4, -0.2) is 39.4 Å². The van der Waals surface area contributed by atoms with Gasteiger partial charge in [-0.05, 0) is 44.0 Å². The van der Waals surface area contributed by atoms with Crippen molar-refractivity contribution in [1.82, 2.24) is 19.7 Å². The molecule has 0 bridgehead atoms. The number of aryl methyl sites for hydroxylation is 1. The maximum Gasteiger partial charge on any atom is 0.145 e. The van der Waals surface area contributed by atoms with E-state index in [-0.39, 0.29) is 0 Å². The highest BCUT2D eigenvalue weighted by Crippen LogP contribution is 2.26. The van der Waals surface area contributed by atoms with E-state index in [9.17, 15) is 0 Å². The molecule has 1 saturated heterocycles. The summed E-state index contributed by atoms with van der Waals surface area (Å²) < 4.78 is 7.52. The van der Waals surface area contributed by atoms with Crippen LogP contribution in [0.15, 0.2) is 48.8 Å². The molecule has 26 heavy (non-hydrogen) atoms. The molecule has 1 atom stereocenters. The van der Waals surface area contributed by atoms with Gasteiger partial charge in [-0.3, -0.25) is 9.58 Å². The van der Waals surface area contributed by atoms with Crippen molar-refractivity contribution in [2.45, 2.75) is 44.8 Å². The van der Waals surface area contributed by atoms with Gasteiger partial charge in [0.05, 0.1) is 12.8 Å². The summed E-state index contributed by atoms with van der Waals surface area (Å²) in [6.07, 6.45) is 8.89. The zero-order valence-electron chi connectivity index (χ0n) is 15.3. The largest absolute Gasteiger partial charge is 0.494 e. The SMILES string of the molecule is COc1cccc2ccc(CN3CCCC[C@H]3CCn3cccn3)nc12. The van der Waals surface area contributed by atoms with Gasteiger partial charge in [0.25, 0.3) is 0 Å². The molecular weight excluding hydrogens is 324 g/mol. The van der Waals surface area contributed by atoms with Gasteiger partial charge in [0.15, 0.2) is 0 Å². The van der Waals surface area contributed by atoms with Gasteiger partial charge >= 0.3 is 0 Å². The van der Waals surface area contributed by atoms with Gasteiger partial charge in [-0.25, -0.2) is 4.98 Å². The summed E-state index contributed by atoms with van der Waals surface area (Å²) in [5, 5.41) is 5.46. The van der Waals surface area contributed by atoms with Crippen LogP contribution in [0, 0.1) is 0 Å². The fourth-order valence-corrected chi connectivity index (χ4v) is 3.93. The third-order valence-corrected chi connectivity index (χ3v) is 5.33. The van der Waals surface area contributed by atoms with Crippen molar-refractivity contribution in [2.24, 2.45) is 0 Å². The summed E-state index contributed by atoms with van der Waals surface area (Å²) in [6, 6.07) is 13.0. The zero-order chi connectivity index (χ0) is 17.8. The van der Waals surface area contributed by atoms with Crippen molar-refractivity contribution in [1.29, 1.82) is 0 Å². The number of hydrogen-bond donors (Lipinski definition) is 0. The number of methoxy groups -OCH3 is 1. The first-order chi connectivity index (χ1) is 12.8. The van der Waals surface area contributed by atoms with E-state index in [2.05, 4.69) is 28.2 Å². The molecule has 0 N–H and O–H groups in total. The lowest BCUT2D eigenvalue weighted by Crippen LogP contribution is -2.39. The van der Waals surface area contributed by atoms with Crippen LogP contribution < -0.4 is 4.74 Å². The molecule has 5 nitrogen and oxygen atoms in total. The highest BCUT2D eigenvalue weighted by molar-refractivity contribution is 5.84. The summed E-state index contributed by atoms with van der Waals surface area (Å²) >= 11 is 0. The number of nitrogens with zero attached hydrogens (tertiary/aromatic N) is 4. The average Bonchev–Trinajstić information content (AvgIpc) is 3.20. The topological polar surface area (TPSA) is 43.2 Å². The van der Waals surface area contributed by atoms with E-state index in [0.29, 0.717) is 6.04 Å². The van der Waals surface area contributed by atoms with Crippen molar-refractivity contribution in [2.75, 3.05) is 13.7 Å². The molecule has 3 heterocycles. The fourth-order valence-electron chi connectivity index (χ4n) is 3.93. The molecule has 1 fully saturated rings. The summed E-state index contributed by atoms with van der Waals surface area (Å²) in [4.78, 5) is 7.49. The van der Waals surface area contributed by atoms with Gasteiger partial charge < -0.3 is 4.74 Å². The number of rotatable bonds is 6. The Balaban J connectivity index is 1.49. The van der Waals surface area contributed by atoms with Crippen molar-refractivity contribution in [3.8, 4) is 5.75 Å². The van der Waals surface area contributed by atoms with Crippen molar-refractivity contribution in [3.63, 3.8) is 0 Å². The highest BCUT2D eigenvalue weighted by atomic mass is 16.5. The van der Waals surface area contributed by atoms with Crippen LogP contribution in [0.3, 0.4) is 0 Å². The van der Waals surface area contributed by atoms with Crippen LogP contribution in [0.2, 0.25) is 0 Å². The Morgan fingerprint density at radius 2 is 2.12 bits per heavy atom. The summed E-state index contributed by atoms with van der Waals surface area (Å²) in [5.41, 5.74) is 2.07. The van der Waals surface area contributed by atoms with Crippen LogP contribution in [-0.2, 0) is 13.1 Å². The fraction of sp³-hybridized carbons (Fsp3) is 0.429. The minimum Gasteiger partial charge on any atom is -0.494 e. The van der Waals surface area contributed by atoms with E-state index in [1.165, 1.54) is 19.3 Å². The lowest BCUT2D eigenvalue weighted by molar-refractivity contribution is 0.126. The van der Waals surface area contributed by atoms with E-state index in [4.69, 9.17) is 9.72 Å². The minimum absolute atomic E-state index is 0.600. The maximum atomic E-state index is 5.49. The Labute approximate surface area is 154 Å². The third kappa shape index (κ3) is 3.73. The summed E-state index contributed by atoms with van der Waals surface area (Å²) in [7, 11) is 1.71. The number of benzene rings is 1. The van der Waals surface area contributed by atoms with E-state index in [1.807, 2.05) is 35.3 Å². The second-order valence-electron chi connectivity index (χ2n) is 7.01. The van der Waals surface area contributed by atoms with E-state index >= 15 is 0 Å². The van der Waals surface area contributed by atoms with E-state index < -0.39 is 0 Å². The van der Waals surface area contributed by atoms with Gasteiger partial charge in [0.1, 0.15) is 11.3 Å². The lowest BCUT2D eigenvalue weighted by atomic mass is 9.99. The van der Waals surface area contributed by atoms with Crippen LogP contribution in [0.25, 0.3) is 10.9 Å². The van der Waals surface area contributed by atoms with Gasteiger partial charge in [-0.2, -0.15) is 5.10 Å². The molecule has 2 aromatic heterocycles. The van der Waals surface area contributed by atoms with Crippen LogP contribution in [0.5, 0.6) is 5.75 Å². The molecule has 1 aliphatic rings. The maximum absolute atomic E-state index is 5.49. The molecule has 1 aromatic carbocycles. The van der Waals surface area contributed by atoms with E-state index in [1.54, 1.807) is 7.11 Å². The van der Waals surface area contributed by atoms with Gasteiger partial charge in [-0.1, -0.05) is 24.6 Å². The Hall–Kier alpha value is -2.40. The van der Waals surface area contributed by atoms with E-state index in [0.717, 1.165) is 48.4 Å². The van der Waals surface area contributed by atoms with Gasteiger partial charge in [0.2, 0.25) is 0 Å². The molecular formula is C21H26N4O. The quantitative estimate of drug-likeness (QED) is 0.676. The molecule has 4 rings (SSSR count). The molecule has 5 heteroatoms. The first-order valence-corrected chi connectivity index (χ1v) is 9.47. The Bertz CT molecular complexity index is 846. The second kappa shape index (κ2) is 7.87. The number of piperidine rings is 1. The summed E-state index contributed by atoms with van der Waals surface area (Å²) in [5.74, 6) is 0.846. The predicted molar refractivity (Wildman–Crippen MR) is 103 cm³/mol. The first kappa shape index (κ1) is 17.0. The standard InChI is InChI=1S/C21H26N4O/c1-26-20-8-4-6-17-9-10-18(23-21(17)20)16-24-13-3-2-7-19(24)11-15-25-14-5-12-22-25/h4-6,8-10,12,14,19H,2-3,7,11,13,15-16H2,1H3/t19-/m0/s1. The van der Waals surface area contributed by atoms with Crippen molar-refractivity contribution < 1.29 is 4.74 Å². The first-order valence-electron chi connectivity index (χ1n) is 9.47. The Kier molecular flexibility index (Phi) is 5.16. The minimum atomic E-state index is 0.600. The van der Waals surface area contributed by atoms with Gasteiger partial charge in [0, 0.05) is 36.9 Å². The molecule has 0 unspecified atom stereocenters. The average molecular weight is 350 g/mol. The zero-order valence-corrected chi connectivity index (χ0v) is 15.3. The number of likely N-dealkylation sites (tertiary alicyclic amines) is 1. The molecule has 1 aliphatic heterocycles. The summed E-state index contributed by atoms with van der Waals surface area (Å²) in [6.45, 7) is 3.03. The van der Waals surface area contributed by atoms with Crippen molar-refractivity contribution >= 4 is 10.9 Å². The number of pyridine rings is 1. The predicted octanol–water partition coefficient (Wildman–Crippen LogP) is 3.88. The smallest absolute Gasteiger partial charge is 0.145 e. The number of ether oxygens (including phenoxy) is 1. The molecule has 0 amide bonds. The molecule has 0 spiro atoms. The monoisotopic (exact) mass is 350 g/mol. The second-order valence-corrected chi connectivity index (χ2v) is 7.01. The molecule has 0 radical (unpaired) electrons. The highest BCUT2D eigenvalue weighted by Gasteiger charge is 2.23. The normalized spacial score (nSPS) is 18.3. The Morgan fingerprint density at radius 3 is 2.96 bits per heavy atom. The van der Waals surface area contributed by atoms with Gasteiger partial charge in [-0.15, -0.1) is 0 Å². The van der Waals surface area contributed by atoms with Crippen molar-refractivity contribution in [3.05, 3.63) is 54.5 Å². The van der Waals surface area contributed by atoms with Crippen LogP contribution >= 0.6 is 0 Å². The molecule has 136 valence electrons. The molecule has 0 saturated carbocycles.